The number of nitrogens with one attached hydrogen (secondary N) is 1. The third-order valence-electron chi connectivity index (χ3n) is 3.34. The molecule has 0 fully saturated rings. The molecule has 3 aromatic rings. The van der Waals surface area contributed by atoms with Crippen molar-refractivity contribution in [2.75, 3.05) is 10.4 Å². The van der Waals surface area contributed by atoms with Crippen LogP contribution in [0, 0.1) is 13.8 Å². The topological polar surface area (TPSA) is 41.1 Å². The van der Waals surface area contributed by atoms with Gasteiger partial charge in [0.1, 0.15) is 5.82 Å². The number of benzene rings is 2. The molecule has 0 saturated heterocycles. The third kappa shape index (κ3) is 3.06. The summed E-state index contributed by atoms with van der Waals surface area (Å²) < 4.78 is 0. The quantitative estimate of drug-likeness (QED) is 0.729. The fourth-order valence-electron chi connectivity index (χ4n) is 2.18. The van der Waals surface area contributed by atoms with E-state index < -0.39 is 0 Å². The Labute approximate surface area is 130 Å². The van der Waals surface area contributed by atoms with Gasteiger partial charge in [0.15, 0.2) is 5.82 Å². The number of hydrogen-bond acceptors (Lipinski definition) is 4. The zero-order valence-corrected chi connectivity index (χ0v) is 12.7. The minimum atomic E-state index is 0.745. The highest BCUT2D eigenvalue weighted by Gasteiger charge is 2.11. The van der Waals surface area contributed by atoms with E-state index in [9.17, 15) is 0 Å². The van der Waals surface area contributed by atoms with Crippen LogP contribution in [0.3, 0.4) is 0 Å². The van der Waals surface area contributed by atoms with Gasteiger partial charge in [0.25, 0.3) is 0 Å². The van der Waals surface area contributed by atoms with Crippen LogP contribution in [-0.4, -0.2) is 9.97 Å². The lowest BCUT2D eigenvalue weighted by molar-refractivity contribution is 1.01. The molecule has 1 aromatic heterocycles. The van der Waals surface area contributed by atoms with Gasteiger partial charge in [0.2, 0.25) is 0 Å². The van der Waals surface area contributed by atoms with Gasteiger partial charge in [-0.1, -0.05) is 36.4 Å². The molecule has 22 heavy (non-hydrogen) atoms. The lowest BCUT2D eigenvalue weighted by Crippen LogP contribution is -2.25. The van der Waals surface area contributed by atoms with Crippen molar-refractivity contribution in [2.24, 2.45) is 0 Å². The van der Waals surface area contributed by atoms with Gasteiger partial charge in [-0.2, -0.15) is 0 Å². The normalized spacial score (nSPS) is 10.3. The van der Waals surface area contributed by atoms with E-state index >= 15 is 0 Å². The van der Waals surface area contributed by atoms with Gasteiger partial charge in [-0.05, 0) is 38.1 Å². The summed E-state index contributed by atoms with van der Waals surface area (Å²) in [6.07, 6.45) is 1.83. The van der Waals surface area contributed by atoms with Crippen LogP contribution < -0.4 is 10.4 Å². The van der Waals surface area contributed by atoms with Crippen LogP contribution in [0.1, 0.15) is 11.4 Å². The number of para-hydroxylation sites is 2. The Morgan fingerprint density at radius 2 is 1.36 bits per heavy atom. The third-order valence-corrected chi connectivity index (χ3v) is 3.34. The fourth-order valence-corrected chi connectivity index (χ4v) is 2.18. The monoisotopic (exact) mass is 290 g/mol. The van der Waals surface area contributed by atoms with Crippen molar-refractivity contribution in [3.63, 3.8) is 0 Å². The zero-order valence-electron chi connectivity index (χ0n) is 12.7. The standard InChI is InChI=1S/C18H18N4/c1-14-13-19-15(2)20-18(14)21-22(16-9-5-3-6-10-16)17-11-7-4-8-12-17/h3-13H,1-2H3,(H,19,20,21). The highest BCUT2D eigenvalue weighted by Crippen LogP contribution is 2.26. The molecule has 0 aliphatic rings. The maximum atomic E-state index is 4.50. The van der Waals surface area contributed by atoms with Crippen molar-refractivity contribution in [2.45, 2.75) is 13.8 Å². The molecule has 0 bridgehead atoms. The van der Waals surface area contributed by atoms with Crippen LogP contribution in [0.5, 0.6) is 0 Å². The van der Waals surface area contributed by atoms with Gasteiger partial charge in [-0.15, -0.1) is 0 Å². The SMILES string of the molecule is Cc1ncc(C)c(NN(c2ccccc2)c2ccccc2)n1. The summed E-state index contributed by atoms with van der Waals surface area (Å²) >= 11 is 0. The van der Waals surface area contributed by atoms with Crippen molar-refractivity contribution in [1.29, 1.82) is 0 Å². The van der Waals surface area contributed by atoms with Gasteiger partial charge in [-0.25, -0.2) is 9.97 Å². The molecule has 0 aliphatic heterocycles. The molecule has 0 spiro atoms. The maximum Gasteiger partial charge on any atom is 0.151 e. The number of hydrazine groups is 1. The summed E-state index contributed by atoms with van der Waals surface area (Å²) in [5.74, 6) is 1.55. The maximum absolute atomic E-state index is 4.50. The predicted molar refractivity (Wildman–Crippen MR) is 90.2 cm³/mol. The van der Waals surface area contributed by atoms with E-state index in [-0.39, 0.29) is 0 Å². The van der Waals surface area contributed by atoms with Crippen LogP contribution in [0.2, 0.25) is 0 Å². The molecule has 0 atom stereocenters. The van der Waals surface area contributed by atoms with Crippen molar-refractivity contribution < 1.29 is 0 Å². The fraction of sp³-hybridized carbons (Fsp3) is 0.111. The second-order valence-electron chi connectivity index (χ2n) is 5.07. The molecule has 0 saturated carbocycles. The number of hydrogen-bond donors (Lipinski definition) is 1. The molecule has 0 amide bonds. The molecule has 1 N–H and O–H groups in total. The summed E-state index contributed by atoms with van der Waals surface area (Å²) in [5, 5.41) is 2.02. The van der Waals surface area contributed by atoms with Crippen molar-refractivity contribution in [3.8, 4) is 0 Å². The molecule has 4 heteroatoms. The second-order valence-corrected chi connectivity index (χ2v) is 5.07. The van der Waals surface area contributed by atoms with Gasteiger partial charge in [0, 0.05) is 11.8 Å². The molecule has 110 valence electrons. The second kappa shape index (κ2) is 6.26. The van der Waals surface area contributed by atoms with Crippen LogP contribution in [0.4, 0.5) is 17.2 Å². The summed E-state index contributed by atoms with van der Waals surface area (Å²) in [6, 6.07) is 20.3. The molecule has 0 aliphatic carbocycles. The lowest BCUT2D eigenvalue weighted by Gasteiger charge is -2.26. The van der Waals surface area contributed by atoms with Crippen LogP contribution in [0.15, 0.2) is 66.9 Å². The van der Waals surface area contributed by atoms with Gasteiger partial charge >= 0.3 is 0 Å². The smallest absolute Gasteiger partial charge is 0.151 e. The summed E-state index contributed by atoms with van der Waals surface area (Å²) in [5.41, 5.74) is 6.50. The Balaban J connectivity index is 2.01. The van der Waals surface area contributed by atoms with Crippen LogP contribution >= 0.6 is 0 Å². The average molecular weight is 290 g/mol. The van der Waals surface area contributed by atoms with E-state index in [1.54, 1.807) is 0 Å². The molecular weight excluding hydrogens is 272 g/mol. The number of rotatable bonds is 4. The lowest BCUT2D eigenvalue weighted by atomic mass is 10.2. The molecule has 1 heterocycles. The van der Waals surface area contributed by atoms with Crippen LogP contribution in [0.25, 0.3) is 0 Å². The van der Waals surface area contributed by atoms with Crippen molar-refractivity contribution >= 4 is 17.2 Å². The van der Waals surface area contributed by atoms with Crippen molar-refractivity contribution in [1.82, 2.24) is 9.97 Å². The largest absolute Gasteiger partial charge is 0.277 e. The average Bonchev–Trinajstić information content (AvgIpc) is 2.57. The number of nitrogens with zero attached hydrogens (tertiary/aromatic N) is 3. The minimum absolute atomic E-state index is 0.745. The van der Waals surface area contributed by atoms with Gasteiger partial charge in [0.05, 0.1) is 11.4 Å². The first-order valence-electron chi connectivity index (χ1n) is 7.21. The highest BCUT2D eigenvalue weighted by molar-refractivity contribution is 5.67. The molecule has 0 unspecified atom stereocenters. The predicted octanol–water partition coefficient (Wildman–Crippen LogP) is 4.26. The van der Waals surface area contributed by atoms with Crippen molar-refractivity contribution in [3.05, 3.63) is 78.2 Å². The Hall–Kier alpha value is -2.88. The van der Waals surface area contributed by atoms with Crippen LogP contribution in [-0.2, 0) is 0 Å². The van der Waals surface area contributed by atoms with E-state index in [2.05, 4.69) is 39.7 Å². The molecule has 3 rings (SSSR count). The number of aryl methyl sites for hydroxylation is 2. The first kappa shape index (κ1) is 14.1. The van der Waals surface area contributed by atoms with E-state index in [0.717, 1.165) is 28.6 Å². The van der Waals surface area contributed by atoms with E-state index in [1.807, 2.05) is 61.5 Å². The van der Waals surface area contributed by atoms with E-state index in [0.29, 0.717) is 0 Å². The Morgan fingerprint density at radius 3 is 1.91 bits per heavy atom. The Kier molecular flexibility index (Phi) is 4.01. The summed E-state index contributed by atoms with van der Waals surface area (Å²) in [6.45, 7) is 3.88. The van der Waals surface area contributed by atoms with Gasteiger partial charge < -0.3 is 0 Å². The van der Waals surface area contributed by atoms with E-state index in [1.165, 1.54) is 0 Å². The molecule has 4 nitrogen and oxygen atoms in total. The molecule has 2 aromatic carbocycles. The summed E-state index contributed by atoms with van der Waals surface area (Å²) in [4.78, 5) is 8.72. The zero-order chi connectivity index (χ0) is 15.4. The molecular formula is C18H18N4. The molecule has 0 radical (unpaired) electrons. The van der Waals surface area contributed by atoms with E-state index in [4.69, 9.17) is 0 Å². The number of anilines is 3. The Bertz CT molecular complexity index is 702. The Morgan fingerprint density at radius 1 is 0.818 bits per heavy atom. The first-order chi connectivity index (χ1) is 10.7. The number of aromatic nitrogens is 2. The summed E-state index contributed by atoms with van der Waals surface area (Å²) in [7, 11) is 0. The minimum Gasteiger partial charge on any atom is -0.277 e. The first-order valence-corrected chi connectivity index (χ1v) is 7.21. The van der Waals surface area contributed by atoms with Gasteiger partial charge in [-0.3, -0.25) is 10.4 Å². The highest BCUT2D eigenvalue weighted by atomic mass is 15.5.